The molecule has 1 aliphatic carbocycles. The number of urea groups is 1. The van der Waals surface area contributed by atoms with Crippen LogP contribution in [0.1, 0.15) is 56.7 Å². The predicted octanol–water partition coefficient (Wildman–Crippen LogP) is 6.05. The first-order chi connectivity index (χ1) is 16.5. The molecular weight excluding hydrogens is 466 g/mol. The molecular formula is C26H33N3O5S. The summed E-state index contributed by atoms with van der Waals surface area (Å²) in [6.07, 6.45) is 4.31. The first-order valence-corrected chi connectivity index (χ1v) is 12.7. The number of carboxylic acids is 1. The summed E-state index contributed by atoms with van der Waals surface area (Å²) in [5.41, 5.74) is 3.20. The number of hydrogen-bond acceptors (Lipinski definition) is 5. The van der Waals surface area contributed by atoms with Crippen molar-refractivity contribution in [1.29, 1.82) is 0 Å². The fourth-order valence-electron chi connectivity index (χ4n) is 4.25. The molecule has 0 saturated carbocycles. The number of fused-ring (bicyclic) bond motifs is 1. The van der Waals surface area contributed by atoms with E-state index in [9.17, 15) is 24.8 Å². The highest BCUT2D eigenvalue weighted by Crippen LogP contribution is 2.36. The molecule has 0 radical (unpaired) electrons. The van der Waals surface area contributed by atoms with Gasteiger partial charge in [0.25, 0.3) is 5.69 Å². The number of hydrogen-bond donors (Lipinski definition) is 2. The van der Waals surface area contributed by atoms with Gasteiger partial charge < -0.3 is 15.3 Å². The first kappa shape index (κ1) is 26.5. The third kappa shape index (κ3) is 6.54. The van der Waals surface area contributed by atoms with E-state index in [1.54, 1.807) is 32.9 Å². The van der Waals surface area contributed by atoms with E-state index in [4.69, 9.17) is 0 Å². The number of aryl methyl sites for hydroxylation is 1. The smallest absolute Gasteiger partial charge is 0.322 e. The van der Waals surface area contributed by atoms with Gasteiger partial charge in [-0.3, -0.25) is 14.9 Å². The van der Waals surface area contributed by atoms with E-state index < -0.39 is 15.6 Å². The van der Waals surface area contributed by atoms with Crippen LogP contribution in [0.3, 0.4) is 0 Å². The van der Waals surface area contributed by atoms with E-state index in [0.717, 1.165) is 41.7 Å². The Kier molecular flexibility index (Phi) is 8.43. The monoisotopic (exact) mass is 499 g/mol. The number of anilines is 1. The number of carboxylic acid groups (broad SMARTS) is 1. The number of nitrogens with one attached hydrogen (secondary N) is 1. The van der Waals surface area contributed by atoms with E-state index in [0.29, 0.717) is 24.2 Å². The Morgan fingerprint density at radius 2 is 1.89 bits per heavy atom. The number of nitrogens with zero attached hydrogens (tertiary/aromatic N) is 2. The summed E-state index contributed by atoms with van der Waals surface area (Å²) in [5.74, 6) is -0.865. The number of carbonyl (C=O) groups excluding carboxylic acids is 1. The molecule has 2 amide bonds. The molecule has 0 aromatic heterocycles. The largest absolute Gasteiger partial charge is 0.480 e. The van der Waals surface area contributed by atoms with Gasteiger partial charge in [0.05, 0.1) is 4.92 Å². The van der Waals surface area contributed by atoms with E-state index in [1.165, 1.54) is 17.8 Å². The highest BCUT2D eigenvalue weighted by Gasteiger charge is 2.32. The molecule has 0 fully saturated rings. The second-order valence-electron chi connectivity index (χ2n) is 9.50. The number of carbonyl (C=O) groups is 2. The molecule has 1 aliphatic rings. The number of nitro benzene ring substituents is 1. The standard InChI is InChI=1S/C26H33N3O5S/c1-5-6-7-12-28(25(32)27-20-10-8-17(2)23(16-20)29(33)34)21-13-18-9-11-22(15-19(18)14-21)35-26(3,4)24(30)31/h8-11,15-16,21H,5-7,12-14H2,1-4H3,(H,27,32)(H,30,31). The maximum Gasteiger partial charge on any atom is 0.322 e. The Hall–Kier alpha value is -3.07. The van der Waals surface area contributed by atoms with Crippen LogP contribution in [0.5, 0.6) is 0 Å². The van der Waals surface area contributed by atoms with Crippen molar-refractivity contribution in [2.75, 3.05) is 11.9 Å². The normalized spacial score (nSPS) is 14.9. The zero-order chi connectivity index (χ0) is 25.8. The van der Waals surface area contributed by atoms with Crippen molar-refractivity contribution < 1.29 is 19.6 Å². The number of thioether (sulfide) groups is 1. The lowest BCUT2D eigenvalue weighted by atomic mass is 10.1. The molecule has 1 unspecified atom stereocenters. The third-order valence-electron chi connectivity index (χ3n) is 6.34. The zero-order valence-electron chi connectivity index (χ0n) is 20.7. The molecule has 0 aliphatic heterocycles. The van der Waals surface area contributed by atoms with Crippen LogP contribution in [0.15, 0.2) is 41.3 Å². The van der Waals surface area contributed by atoms with Gasteiger partial charge >= 0.3 is 12.0 Å². The molecule has 9 heteroatoms. The molecule has 2 N–H and O–H groups in total. The lowest BCUT2D eigenvalue weighted by Gasteiger charge is -2.29. The maximum atomic E-state index is 13.3. The van der Waals surface area contributed by atoms with Crippen LogP contribution in [-0.2, 0) is 17.6 Å². The first-order valence-electron chi connectivity index (χ1n) is 11.9. The number of amides is 2. The van der Waals surface area contributed by atoms with Gasteiger partial charge in [-0.05, 0) is 69.4 Å². The molecule has 3 rings (SSSR count). The Bertz CT molecular complexity index is 1120. The number of aliphatic carboxylic acids is 1. The Morgan fingerprint density at radius 1 is 1.17 bits per heavy atom. The average Bonchev–Trinajstić information content (AvgIpc) is 3.20. The molecule has 0 heterocycles. The number of benzene rings is 2. The fraction of sp³-hybridized carbons (Fsp3) is 0.462. The summed E-state index contributed by atoms with van der Waals surface area (Å²) < 4.78 is -0.936. The zero-order valence-corrected chi connectivity index (χ0v) is 21.5. The molecule has 1 atom stereocenters. The lowest BCUT2D eigenvalue weighted by molar-refractivity contribution is -0.385. The van der Waals surface area contributed by atoms with Crippen LogP contribution in [-0.4, -0.2) is 44.3 Å². The van der Waals surface area contributed by atoms with Crippen molar-refractivity contribution in [3.63, 3.8) is 0 Å². The van der Waals surface area contributed by atoms with Crippen LogP contribution < -0.4 is 5.32 Å². The van der Waals surface area contributed by atoms with Gasteiger partial charge in [0, 0.05) is 34.8 Å². The van der Waals surface area contributed by atoms with Crippen LogP contribution >= 0.6 is 11.8 Å². The van der Waals surface area contributed by atoms with Crippen molar-refractivity contribution in [3.8, 4) is 0 Å². The van der Waals surface area contributed by atoms with Gasteiger partial charge in [-0.25, -0.2) is 4.79 Å². The minimum atomic E-state index is -0.936. The Labute approximate surface area is 210 Å². The van der Waals surface area contributed by atoms with E-state index in [2.05, 4.69) is 12.2 Å². The summed E-state index contributed by atoms with van der Waals surface area (Å²) >= 11 is 1.31. The maximum absolute atomic E-state index is 13.3. The SMILES string of the molecule is CCCCCN(C(=O)Nc1ccc(C)c([N+](=O)[O-])c1)C1Cc2ccc(SC(C)(C)C(=O)O)cc2C1. The average molecular weight is 500 g/mol. The minimum Gasteiger partial charge on any atom is -0.480 e. The van der Waals surface area contributed by atoms with Crippen molar-refractivity contribution >= 4 is 35.1 Å². The van der Waals surface area contributed by atoms with Gasteiger partial charge in [0.1, 0.15) is 4.75 Å². The summed E-state index contributed by atoms with van der Waals surface area (Å²) in [4.78, 5) is 38.4. The van der Waals surface area contributed by atoms with Crippen LogP contribution in [0.25, 0.3) is 0 Å². The van der Waals surface area contributed by atoms with E-state index in [1.807, 2.05) is 23.1 Å². The van der Waals surface area contributed by atoms with E-state index >= 15 is 0 Å². The van der Waals surface area contributed by atoms with Crippen LogP contribution in [0.2, 0.25) is 0 Å². The molecule has 0 bridgehead atoms. The third-order valence-corrected chi connectivity index (χ3v) is 7.51. The van der Waals surface area contributed by atoms with Gasteiger partial charge in [0.15, 0.2) is 0 Å². The molecule has 188 valence electrons. The second-order valence-corrected chi connectivity index (χ2v) is 11.2. The predicted molar refractivity (Wildman–Crippen MR) is 138 cm³/mol. The highest BCUT2D eigenvalue weighted by molar-refractivity contribution is 8.01. The quantitative estimate of drug-likeness (QED) is 0.178. The van der Waals surface area contributed by atoms with Crippen molar-refractivity contribution in [3.05, 3.63) is 63.2 Å². The summed E-state index contributed by atoms with van der Waals surface area (Å²) in [7, 11) is 0. The summed E-state index contributed by atoms with van der Waals surface area (Å²) in [6.45, 7) is 7.75. The topological polar surface area (TPSA) is 113 Å². The van der Waals surface area contributed by atoms with Crippen LogP contribution in [0.4, 0.5) is 16.2 Å². The fourth-order valence-corrected chi connectivity index (χ4v) is 5.27. The lowest BCUT2D eigenvalue weighted by Crippen LogP contribution is -2.44. The minimum absolute atomic E-state index is 0.0251. The Morgan fingerprint density at radius 3 is 2.54 bits per heavy atom. The van der Waals surface area contributed by atoms with Crippen LogP contribution in [0, 0.1) is 17.0 Å². The molecule has 35 heavy (non-hydrogen) atoms. The van der Waals surface area contributed by atoms with Gasteiger partial charge in [-0.1, -0.05) is 31.9 Å². The molecule has 0 spiro atoms. The molecule has 0 saturated heterocycles. The number of unbranched alkanes of at least 4 members (excludes halogenated alkanes) is 2. The second kappa shape index (κ2) is 11.1. The number of rotatable bonds is 10. The highest BCUT2D eigenvalue weighted by atomic mass is 32.2. The van der Waals surface area contributed by atoms with Crippen molar-refractivity contribution in [1.82, 2.24) is 4.90 Å². The van der Waals surface area contributed by atoms with Gasteiger partial charge in [-0.15, -0.1) is 11.8 Å². The van der Waals surface area contributed by atoms with E-state index in [-0.39, 0.29) is 17.8 Å². The Balaban J connectivity index is 1.77. The van der Waals surface area contributed by atoms with Crippen molar-refractivity contribution in [2.45, 2.75) is 75.5 Å². The molecule has 8 nitrogen and oxygen atoms in total. The van der Waals surface area contributed by atoms with Crippen molar-refractivity contribution in [2.24, 2.45) is 0 Å². The summed E-state index contributed by atoms with van der Waals surface area (Å²) in [5, 5.41) is 23.6. The van der Waals surface area contributed by atoms with Gasteiger partial charge in [0.2, 0.25) is 0 Å². The summed E-state index contributed by atoms with van der Waals surface area (Å²) in [6, 6.07) is 10.4. The molecule has 2 aromatic carbocycles. The number of nitro groups is 1. The van der Waals surface area contributed by atoms with Gasteiger partial charge in [-0.2, -0.15) is 0 Å². The molecule has 2 aromatic rings.